The SMILES string of the molecule is Cc1nn(C)cc1C(=O)N1CCNCC1c1cccc(Cl)c1.Cl. The van der Waals surface area contributed by atoms with E-state index in [-0.39, 0.29) is 24.4 Å². The first-order valence-corrected chi connectivity index (χ1v) is 7.71. The molecule has 124 valence electrons. The van der Waals surface area contributed by atoms with Crippen LogP contribution in [0.25, 0.3) is 0 Å². The number of hydrogen-bond acceptors (Lipinski definition) is 3. The van der Waals surface area contributed by atoms with Gasteiger partial charge in [0.15, 0.2) is 0 Å². The summed E-state index contributed by atoms with van der Waals surface area (Å²) in [6.45, 7) is 4.06. The number of aromatic nitrogens is 2. The molecule has 1 fully saturated rings. The summed E-state index contributed by atoms with van der Waals surface area (Å²) >= 11 is 6.10. The second-order valence-corrected chi connectivity index (χ2v) is 6.01. The Kier molecular flexibility index (Phi) is 5.68. The maximum absolute atomic E-state index is 12.9. The fraction of sp³-hybridized carbons (Fsp3) is 0.375. The van der Waals surface area contributed by atoms with Crippen molar-refractivity contribution in [2.24, 2.45) is 7.05 Å². The molecule has 0 bridgehead atoms. The molecule has 0 radical (unpaired) electrons. The van der Waals surface area contributed by atoms with Gasteiger partial charge in [0, 0.05) is 37.9 Å². The van der Waals surface area contributed by atoms with Crippen molar-refractivity contribution >= 4 is 29.9 Å². The zero-order valence-corrected chi connectivity index (χ0v) is 14.7. The second kappa shape index (κ2) is 7.34. The lowest BCUT2D eigenvalue weighted by Gasteiger charge is -2.36. The zero-order chi connectivity index (χ0) is 15.7. The molecule has 3 rings (SSSR count). The number of amides is 1. The summed E-state index contributed by atoms with van der Waals surface area (Å²) in [6.07, 6.45) is 1.79. The van der Waals surface area contributed by atoms with Crippen LogP contribution in [0.4, 0.5) is 0 Å². The van der Waals surface area contributed by atoms with Crippen molar-refractivity contribution in [3.8, 4) is 0 Å². The maximum atomic E-state index is 12.9. The van der Waals surface area contributed by atoms with Crippen LogP contribution in [0.5, 0.6) is 0 Å². The number of carbonyl (C=O) groups is 1. The number of aryl methyl sites for hydroxylation is 2. The lowest BCUT2D eigenvalue weighted by Crippen LogP contribution is -2.48. The van der Waals surface area contributed by atoms with E-state index in [1.165, 1.54) is 0 Å². The van der Waals surface area contributed by atoms with Crippen molar-refractivity contribution in [1.82, 2.24) is 20.0 Å². The molecule has 0 aliphatic carbocycles. The monoisotopic (exact) mass is 354 g/mol. The van der Waals surface area contributed by atoms with Gasteiger partial charge in [-0.3, -0.25) is 9.48 Å². The summed E-state index contributed by atoms with van der Waals surface area (Å²) in [5.74, 6) is 0.0251. The number of piperazine rings is 1. The Morgan fingerprint density at radius 2 is 2.22 bits per heavy atom. The maximum Gasteiger partial charge on any atom is 0.257 e. The third kappa shape index (κ3) is 3.68. The Balaban J connectivity index is 0.00000192. The molecule has 1 N–H and O–H groups in total. The van der Waals surface area contributed by atoms with Crippen LogP contribution in [0.15, 0.2) is 30.5 Å². The molecule has 0 spiro atoms. The van der Waals surface area contributed by atoms with E-state index in [2.05, 4.69) is 10.4 Å². The molecular weight excluding hydrogens is 335 g/mol. The summed E-state index contributed by atoms with van der Waals surface area (Å²) in [5.41, 5.74) is 2.47. The van der Waals surface area contributed by atoms with Crippen LogP contribution in [0.2, 0.25) is 5.02 Å². The van der Waals surface area contributed by atoms with Crippen molar-refractivity contribution < 1.29 is 4.79 Å². The third-order valence-corrected chi connectivity index (χ3v) is 4.22. The summed E-state index contributed by atoms with van der Waals surface area (Å²) in [7, 11) is 1.83. The highest BCUT2D eigenvalue weighted by Gasteiger charge is 2.30. The van der Waals surface area contributed by atoms with Gasteiger partial charge in [-0.2, -0.15) is 5.10 Å². The predicted molar refractivity (Wildman–Crippen MR) is 93.3 cm³/mol. The number of carbonyl (C=O) groups excluding carboxylic acids is 1. The van der Waals surface area contributed by atoms with E-state index in [0.29, 0.717) is 17.1 Å². The largest absolute Gasteiger partial charge is 0.329 e. The number of benzene rings is 1. The van der Waals surface area contributed by atoms with Crippen molar-refractivity contribution in [3.63, 3.8) is 0 Å². The average molecular weight is 355 g/mol. The van der Waals surface area contributed by atoms with E-state index in [4.69, 9.17) is 11.6 Å². The molecule has 1 amide bonds. The smallest absolute Gasteiger partial charge is 0.257 e. The van der Waals surface area contributed by atoms with Crippen LogP contribution < -0.4 is 5.32 Å². The first-order valence-electron chi connectivity index (χ1n) is 7.33. The lowest BCUT2D eigenvalue weighted by atomic mass is 10.0. The van der Waals surface area contributed by atoms with E-state index >= 15 is 0 Å². The Labute approximate surface area is 147 Å². The molecule has 1 aromatic carbocycles. The zero-order valence-electron chi connectivity index (χ0n) is 13.1. The highest BCUT2D eigenvalue weighted by molar-refractivity contribution is 6.30. The van der Waals surface area contributed by atoms with Crippen molar-refractivity contribution in [2.45, 2.75) is 13.0 Å². The summed E-state index contributed by atoms with van der Waals surface area (Å²) in [5, 5.41) is 8.31. The van der Waals surface area contributed by atoms with Gasteiger partial charge < -0.3 is 10.2 Å². The molecule has 0 saturated carbocycles. The van der Waals surface area contributed by atoms with E-state index in [1.54, 1.807) is 10.9 Å². The molecule has 7 heteroatoms. The van der Waals surface area contributed by atoms with Gasteiger partial charge in [0.05, 0.1) is 17.3 Å². The third-order valence-electron chi connectivity index (χ3n) is 3.98. The van der Waals surface area contributed by atoms with Crippen LogP contribution in [-0.2, 0) is 7.05 Å². The molecule has 5 nitrogen and oxygen atoms in total. The standard InChI is InChI=1S/C16H19ClN4O.ClH/c1-11-14(10-20(2)19-11)16(22)21-7-6-18-9-15(21)12-4-3-5-13(17)8-12;/h3-5,8,10,15,18H,6-7,9H2,1-2H3;1H. The second-order valence-electron chi connectivity index (χ2n) is 5.58. The van der Waals surface area contributed by atoms with Crippen molar-refractivity contribution in [3.05, 3.63) is 52.3 Å². The van der Waals surface area contributed by atoms with Gasteiger partial charge in [-0.1, -0.05) is 23.7 Å². The predicted octanol–water partition coefficient (Wildman–Crippen LogP) is 2.59. The summed E-state index contributed by atoms with van der Waals surface area (Å²) in [6, 6.07) is 7.69. The Morgan fingerprint density at radius 3 is 2.87 bits per heavy atom. The summed E-state index contributed by atoms with van der Waals surface area (Å²) < 4.78 is 1.68. The first kappa shape index (κ1) is 17.8. The molecule has 2 aromatic rings. The minimum atomic E-state index is -0.0143. The minimum absolute atomic E-state index is 0. The van der Waals surface area contributed by atoms with Crippen LogP contribution in [0.1, 0.15) is 27.7 Å². The van der Waals surface area contributed by atoms with Gasteiger partial charge >= 0.3 is 0 Å². The van der Waals surface area contributed by atoms with Gasteiger partial charge in [0.25, 0.3) is 5.91 Å². The van der Waals surface area contributed by atoms with Crippen LogP contribution in [0, 0.1) is 6.92 Å². The number of hydrogen-bond donors (Lipinski definition) is 1. The van der Waals surface area contributed by atoms with Crippen LogP contribution in [0.3, 0.4) is 0 Å². The van der Waals surface area contributed by atoms with Crippen molar-refractivity contribution in [2.75, 3.05) is 19.6 Å². The highest BCUT2D eigenvalue weighted by atomic mass is 35.5. The van der Waals surface area contributed by atoms with Crippen LogP contribution >= 0.6 is 24.0 Å². The minimum Gasteiger partial charge on any atom is -0.329 e. The molecular formula is C16H20Cl2N4O. The fourth-order valence-corrected chi connectivity index (χ4v) is 3.12. The number of rotatable bonds is 2. The lowest BCUT2D eigenvalue weighted by molar-refractivity contribution is 0.0633. The quantitative estimate of drug-likeness (QED) is 0.901. The Morgan fingerprint density at radius 1 is 1.43 bits per heavy atom. The number of nitrogens with zero attached hydrogens (tertiary/aromatic N) is 3. The topological polar surface area (TPSA) is 50.2 Å². The van der Waals surface area contributed by atoms with Gasteiger partial charge in [-0.05, 0) is 24.6 Å². The molecule has 2 heterocycles. The average Bonchev–Trinajstić information content (AvgIpc) is 2.85. The number of nitrogens with one attached hydrogen (secondary N) is 1. The van der Waals surface area contributed by atoms with E-state index in [9.17, 15) is 4.79 Å². The van der Waals surface area contributed by atoms with E-state index in [1.807, 2.05) is 43.1 Å². The Hall–Kier alpha value is -1.56. The summed E-state index contributed by atoms with van der Waals surface area (Å²) in [4.78, 5) is 14.8. The molecule has 1 unspecified atom stereocenters. The van der Waals surface area contributed by atoms with E-state index < -0.39 is 0 Å². The normalized spacial score (nSPS) is 17.7. The highest BCUT2D eigenvalue weighted by Crippen LogP contribution is 2.26. The molecule has 23 heavy (non-hydrogen) atoms. The van der Waals surface area contributed by atoms with E-state index in [0.717, 1.165) is 24.3 Å². The van der Waals surface area contributed by atoms with Gasteiger partial charge in [-0.15, -0.1) is 12.4 Å². The molecule has 1 aromatic heterocycles. The molecule has 1 aliphatic heterocycles. The Bertz CT molecular complexity index is 701. The molecule has 1 aliphatic rings. The van der Waals surface area contributed by atoms with Gasteiger partial charge in [0.1, 0.15) is 0 Å². The fourth-order valence-electron chi connectivity index (χ4n) is 2.92. The van der Waals surface area contributed by atoms with Gasteiger partial charge in [-0.25, -0.2) is 0 Å². The molecule has 1 saturated heterocycles. The first-order chi connectivity index (χ1) is 10.6. The van der Waals surface area contributed by atoms with Gasteiger partial charge in [0.2, 0.25) is 0 Å². The number of halogens is 2. The van der Waals surface area contributed by atoms with Crippen LogP contribution in [-0.4, -0.2) is 40.2 Å². The molecule has 1 atom stereocenters. The van der Waals surface area contributed by atoms with Crippen molar-refractivity contribution in [1.29, 1.82) is 0 Å².